The maximum absolute atomic E-state index is 14.1. The fraction of sp³-hybridized carbons (Fsp3) is 0.150. The Morgan fingerprint density at radius 3 is 2.55 bits per heavy atom. The molecule has 29 heavy (non-hydrogen) atoms. The molecule has 0 spiro atoms. The molecule has 1 aromatic heterocycles. The van der Waals surface area contributed by atoms with Gasteiger partial charge >= 0.3 is 0 Å². The Labute approximate surface area is 162 Å². The van der Waals surface area contributed by atoms with Crippen LogP contribution in [0.5, 0.6) is 5.75 Å². The Hall–Kier alpha value is -3.80. The van der Waals surface area contributed by atoms with E-state index in [4.69, 9.17) is 5.26 Å². The highest BCUT2D eigenvalue weighted by molar-refractivity contribution is 5.88. The third kappa shape index (κ3) is 3.91. The van der Waals surface area contributed by atoms with E-state index in [-0.39, 0.29) is 27.6 Å². The Balaban J connectivity index is 1.85. The third-order valence-electron chi connectivity index (χ3n) is 4.43. The normalized spacial score (nSPS) is 11.8. The van der Waals surface area contributed by atoms with Gasteiger partial charge in [0.1, 0.15) is 11.6 Å². The Bertz CT molecular complexity index is 1230. The van der Waals surface area contributed by atoms with Crippen molar-refractivity contribution in [3.8, 4) is 11.8 Å². The van der Waals surface area contributed by atoms with Gasteiger partial charge in [0.15, 0.2) is 11.6 Å². The van der Waals surface area contributed by atoms with Crippen LogP contribution < -0.4 is 10.9 Å². The molecule has 148 valence electrons. The van der Waals surface area contributed by atoms with Crippen molar-refractivity contribution in [3.05, 3.63) is 74.8 Å². The lowest BCUT2D eigenvalue weighted by molar-refractivity contribution is -0.121. The second-order valence-electron chi connectivity index (χ2n) is 6.41. The van der Waals surface area contributed by atoms with E-state index in [0.717, 1.165) is 12.1 Å². The van der Waals surface area contributed by atoms with Crippen LogP contribution in [0.15, 0.2) is 35.1 Å². The molecule has 0 aliphatic carbocycles. The van der Waals surface area contributed by atoms with Crippen molar-refractivity contribution < 1.29 is 23.1 Å². The van der Waals surface area contributed by atoms with E-state index >= 15 is 0 Å². The van der Waals surface area contributed by atoms with E-state index in [9.17, 15) is 27.9 Å². The number of hydrogen-bond donors (Lipinski definition) is 3. The maximum atomic E-state index is 14.1. The average Bonchev–Trinajstić information content (AvgIpc) is 2.66. The lowest BCUT2D eigenvalue weighted by Crippen LogP contribution is -2.30. The monoisotopic (exact) mass is 401 g/mol. The topological polar surface area (TPSA) is 106 Å². The lowest BCUT2D eigenvalue weighted by atomic mass is 10.0. The van der Waals surface area contributed by atoms with Crippen molar-refractivity contribution in [2.75, 3.05) is 0 Å². The molecule has 3 aromatic rings. The number of aromatic nitrogens is 1. The van der Waals surface area contributed by atoms with Crippen molar-refractivity contribution in [3.63, 3.8) is 0 Å². The number of H-pyrrole nitrogens is 1. The number of halogens is 3. The molecule has 0 radical (unpaired) electrons. The van der Waals surface area contributed by atoms with Gasteiger partial charge in [-0.05, 0) is 25.1 Å². The van der Waals surface area contributed by atoms with Crippen LogP contribution in [0, 0.1) is 28.8 Å². The molecule has 1 atom stereocenters. The van der Waals surface area contributed by atoms with Gasteiger partial charge in [0, 0.05) is 17.0 Å². The van der Waals surface area contributed by atoms with Gasteiger partial charge in [-0.2, -0.15) is 5.26 Å². The van der Waals surface area contributed by atoms with Gasteiger partial charge in [0.25, 0.3) is 5.56 Å². The van der Waals surface area contributed by atoms with Gasteiger partial charge in [-0.25, -0.2) is 13.2 Å². The summed E-state index contributed by atoms with van der Waals surface area (Å²) in [5, 5.41) is 21.4. The fourth-order valence-electron chi connectivity index (χ4n) is 2.96. The van der Waals surface area contributed by atoms with Crippen LogP contribution in [0.25, 0.3) is 10.9 Å². The van der Waals surface area contributed by atoms with E-state index in [1.807, 2.05) is 0 Å². The molecule has 3 rings (SSSR count). The zero-order valence-corrected chi connectivity index (χ0v) is 15.0. The predicted molar refractivity (Wildman–Crippen MR) is 97.5 cm³/mol. The molecule has 9 heteroatoms. The molecule has 6 nitrogen and oxygen atoms in total. The number of amides is 1. The summed E-state index contributed by atoms with van der Waals surface area (Å²) in [4.78, 5) is 26.8. The number of rotatable bonds is 4. The number of pyridine rings is 1. The Morgan fingerprint density at radius 2 is 1.90 bits per heavy atom. The summed E-state index contributed by atoms with van der Waals surface area (Å²) in [5.41, 5.74) is -1.04. The number of carbonyl (C=O) groups excluding carboxylic acids is 1. The second kappa shape index (κ2) is 7.67. The molecule has 0 aliphatic rings. The van der Waals surface area contributed by atoms with Crippen LogP contribution in [-0.2, 0) is 11.2 Å². The quantitative estimate of drug-likeness (QED) is 0.625. The summed E-state index contributed by atoms with van der Waals surface area (Å²) < 4.78 is 40.9. The molecule has 0 fully saturated rings. The van der Waals surface area contributed by atoms with Crippen molar-refractivity contribution >= 4 is 16.8 Å². The third-order valence-corrected chi connectivity index (χ3v) is 4.43. The first-order valence-corrected chi connectivity index (χ1v) is 8.43. The van der Waals surface area contributed by atoms with Crippen LogP contribution in [0.2, 0.25) is 0 Å². The molecule has 0 bridgehead atoms. The van der Waals surface area contributed by atoms with E-state index in [1.54, 1.807) is 6.07 Å². The van der Waals surface area contributed by atoms with Crippen LogP contribution >= 0.6 is 0 Å². The number of benzene rings is 2. The zero-order chi connectivity index (χ0) is 21.3. The van der Waals surface area contributed by atoms with E-state index in [1.165, 1.54) is 19.1 Å². The molecular weight excluding hydrogens is 387 g/mol. The molecular formula is C20H14F3N3O3. The number of nitrogens with zero attached hydrogens (tertiary/aromatic N) is 1. The summed E-state index contributed by atoms with van der Waals surface area (Å²) in [6.45, 7) is 1.50. The summed E-state index contributed by atoms with van der Waals surface area (Å²) in [5.74, 6) is -4.45. The molecule has 3 N–H and O–H groups in total. The number of fused-ring (bicyclic) bond motifs is 1. The van der Waals surface area contributed by atoms with Crippen molar-refractivity contribution in [1.29, 1.82) is 5.26 Å². The number of hydrogen-bond acceptors (Lipinski definition) is 4. The SMILES string of the molecule is CC(NC(=O)Cc1c(O)c2cc(F)c(F)cc2[nH]c1=O)c1ccc(C#N)cc1F. The highest BCUT2D eigenvalue weighted by Gasteiger charge is 2.20. The molecule has 0 saturated carbocycles. The van der Waals surface area contributed by atoms with E-state index in [0.29, 0.717) is 6.07 Å². The highest BCUT2D eigenvalue weighted by Crippen LogP contribution is 2.27. The number of nitriles is 1. The lowest BCUT2D eigenvalue weighted by Gasteiger charge is -2.15. The van der Waals surface area contributed by atoms with Gasteiger partial charge in [-0.3, -0.25) is 9.59 Å². The maximum Gasteiger partial charge on any atom is 0.255 e. The van der Waals surface area contributed by atoms with Crippen LogP contribution in [0.1, 0.15) is 29.7 Å². The standard InChI is InChI=1S/C20H14F3N3O3/c1-9(11-3-2-10(8-24)4-14(11)21)25-18(27)6-13-19(28)12-5-15(22)16(23)7-17(12)26-20(13)29/h2-5,7,9H,6H2,1H3,(H,25,27)(H2,26,28,29). The van der Waals surface area contributed by atoms with Gasteiger partial charge in [-0.1, -0.05) is 6.07 Å². The first-order valence-electron chi connectivity index (χ1n) is 8.43. The smallest absolute Gasteiger partial charge is 0.255 e. The minimum atomic E-state index is -1.22. The fourth-order valence-corrected chi connectivity index (χ4v) is 2.96. The predicted octanol–water partition coefficient (Wildman–Crippen LogP) is 2.94. The Morgan fingerprint density at radius 1 is 1.21 bits per heavy atom. The molecule has 2 aromatic carbocycles. The average molecular weight is 401 g/mol. The van der Waals surface area contributed by atoms with E-state index in [2.05, 4.69) is 10.3 Å². The van der Waals surface area contributed by atoms with Gasteiger partial charge in [0.2, 0.25) is 5.91 Å². The molecule has 1 heterocycles. The van der Waals surface area contributed by atoms with Crippen LogP contribution in [0.4, 0.5) is 13.2 Å². The molecule has 1 amide bonds. The van der Waals surface area contributed by atoms with E-state index < -0.39 is 47.1 Å². The first-order chi connectivity index (χ1) is 13.7. The van der Waals surface area contributed by atoms with Gasteiger partial charge in [-0.15, -0.1) is 0 Å². The first kappa shape index (κ1) is 19.9. The van der Waals surface area contributed by atoms with Gasteiger partial charge in [0.05, 0.1) is 35.2 Å². The summed E-state index contributed by atoms with van der Waals surface area (Å²) in [7, 11) is 0. The molecule has 0 aliphatic heterocycles. The molecule has 0 saturated heterocycles. The van der Waals surface area contributed by atoms with Crippen molar-refractivity contribution in [2.24, 2.45) is 0 Å². The number of nitrogens with one attached hydrogen (secondary N) is 2. The van der Waals surface area contributed by atoms with Crippen molar-refractivity contribution in [1.82, 2.24) is 10.3 Å². The summed E-state index contributed by atoms with van der Waals surface area (Å²) in [6.07, 6.45) is -0.571. The largest absolute Gasteiger partial charge is 0.507 e. The summed E-state index contributed by atoms with van der Waals surface area (Å²) in [6, 6.07) is 6.24. The number of aromatic hydroxyl groups is 1. The Kier molecular flexibility index (Phi) is 5.28. The second-order valence-corrected chi connectivity index (χ2v) is 6.41. The number of aromatic amines is 1. The summed E-state index contributed by atoms with van der Waals surface area (Å²) >= 11 is 0. The minimum Gasteiger partial charge on any atom is -0.507 e. The van der Waals surface area contributed by atoms with Gasteiger partial charge < -0.3 is 15.4 Å². The minimum absolute atomic E-state index is 0.122. The van der Waals surface area contributed by atoms with Crippen LogP contribution in [0.3, 0.4) is 0 Å². The zero-order valence-electron chi connectivity index (χ0n) is 15.0. The van der Waals surface area contributed by atoms with Crippen LogP contribution in [-0.4, -0.2) is 16.0 Å². The molecule has 1 unspecified atom stereocenters. The highest BCUT2D eigenvalue weighted by atomic mass is 19.2. The number of carbonyl (C=O) groups is 1. The van der Waals surface area contributed by atoms with Crippen molar-refractivity contribution in [2.45, 2.75) is 19.4 Å².